The summed E-state index contributed by atoms with van der Waals surface area (Å²) in [7, 11) is 0. The molecule has 1 rings (SSSR count). The van der Waals surface area contributed by atoms with Gasteiger partial charge in [0.15, 0.2) is 0 Å². The van der Waals surface area contributed by atoms with Gasteiger partial charge in [0.05, 0.1) is 24.5 Å². The minimum atomic E-state index is -0.458. The summed E-state index contributed by atoms with van der Waals surface area (Å²) in [6.07, 6.45) is 0. The number of nitrogens with one attached hydrogen (secondary N) is 1. The van der Waals surface area contributed by atoms with Crippen molar-refractivity contribution >= 4 is 11.7 Å². The molecule has 1 aromatic carbocycles. The van der Waals surface area contributed by atoms with Crippen LogP contribution in [0.4, 0.5) is 5.69 Å². The van der Waals surface area contributed by atoms with Gasteiger partial charge in [-0.25, -0.2) is 4.79 Å². The Hall–Kier alpha value is -1.59. The fourth-order valence-corrected chi connectivity index (χ4v) is 1.19. The smallest absolute Gasteiger partial charge is 0.340 e. The zero-order valence-corrected chi connectivity index (χ0v) is 8.49. The number of hydrogen-bond donors (Lipinski definition) is 3. The molecule has 4 N–H and O–H groups in total. The van der Waals surface area contributed by atoms with E-state index >= 15 is 0 Å². The second kappa shape index (κ2) is 5.33. The highest BCUT2D eigenvalue weighted by atomic mass is 16.5. The van der Waals surface area contributed by atoms with Crippen LogP contribution in [0.5, 0.6) is 0 Å². The predicted octanol–water partition coefficient (Wildman–Crippen LogP) is 0.641. The molecule has 0 fully saturated rings. The van der Waals surface area contributed by atoms with Crippen LogP contribution in [-0.4, -0.2) is 17.7 Å². The number of hydrazine groups is 1. The van der Waals surface area contributed by atoms with E-state index < -0.39 is 5.97 Å². The molecule has 0 atom stereocenters. The van der Waals surface area contributed by atoms with Gasteiger partial charge in [0.25, 0.3) is 0 Å². The molecule has 0 amide bonds. The third-order valence-corrected chi connectivity index (χ3v) is 1.92. The minimum Gasteiger partial charge on any atom is -0.462 e. The van der Waals surface area contributed by atoms with Crippen LogP contribution in [-0.2, 0) is 11.3 Å². The number of ether oxygens (including phenoxy) is 1. The second-order valence-corrected chi connectivity index (χ2v) is 2.90. The molecule has 0 aliphatic rings. The minimum absolute atomic E-state index is 0.128. The maximum atomic E-state index is 11.5. The van der Waals surface area contributed by atoms with Gasteiger partial charge in [-0.15, -0.1) is 0 Å². The van der Waals surface area contributed by atoms with E-state index in [4.69, 9.17) is 15.7 Å². The van der Waals surface area contributed by atoms with E-state index in [-0.39, 0.29) is 6.61 Å². The molecular weight excluding hydrogens is 196 g/mol. The highest BCUT2D eigenvalue weighted by Crippen LogP contribution is 2.17. The van der Waals surface area contributed by atoms with Crippen molar-refractivity contribution in [2.24, 2.45) is 5.84 Å². The number of benzene rings is 1. The van der Waals surface area contributed by atoms with Gasteiger partial charge in [0.1, 0.15) is 0 Å². The molecule has 1 aromatic rings. The zero-order valence-electron chi connectivity index (χ0n) is 8.49. The Morgan fingerprint density at radius 1 is 1.60 bits per heavy atom. The van der Waals surface area contributed by atoms with E-state index in [2.05, 4.69) is 5.43 Å². The van der Waals surface area contributed by atoms with Crippen LogP contribution >= 0.6 is 0 Å². The highest BCUT2D eigenvalue weighted by Gasteiger charge is 2.12. The van der Waals surface area contributed by atoms with E-state index in [1.54, 1.807) is 25.1 Å². The van der Waals surface area contributed by atoms with Crippen molar-refractivity contribution in [1.82, 2.24) is 0 Å². The molecular formula is C10H14N2O3. The molecule has 5 nitrogen and oxygen atoms in total. The Labute approximate surface area is 87.8 Å². The number of nitrogen functional groups attached to an aromatic ring is 1. The quantitative estimate of drug-likeness (QED) is 0.386. The largest absolute Gasteiger partial charge is 0.462 e. The summed E-state index contributed by atoms with van der Waals surface area (Å²) in [6, 6.07) is 4.85. The number of anilines is 1. The third kappa shape index (κ3) is 2.68. The van der Waals surface area contributed by atoms with Gasteiger partial charge in [-0.1, -0.05) is 6.07 Å². The molecule has 0 spiro atoms. The number of rotatable bonds is 4. The number of nitrogens with two attached hydrogens (primary N) is 1. The Kier molecular flexibility index (Phi) is 4.08. The van der Waals surface area contributed by atoms with Crippen molar-refractivity contribution in [2.45, 2.75) is 13.5 Å². The molecule has 0 saturated heterocycles. The number of carbonyl (C=O) groups excluding carboxylic acids is 1. The summed E-state index contributed by atoms with van der Waals surface area (Å²) < 4.78 is 4.85. The van der Waals surface area contributed by atoms with Crippen LogP contribution in [0.2, 0.25) is 0 Å². The Bertz CT molecular complexity index is 353. The summed E-state index contributed by atoms with van der Waals surface area (Å²) >= 11 is 0. The lowest BCUT2D eigenvalue weighted by molar-refractivity contribution is 0.0527. The van der Waals surface area contributed by atoms with E-state index in [9.17, 15) is 4.79 Å². The molecule has 0 bridgehead atoms. The van der Waals surface area contributed by atoms with Crippen LogP contribution in [0.3, 0.4) is 0 Å². The third-order valence-electron chi connectivity index (χ3n) is 1.92. The molecule has 5 heteroatoms. The monoisotopic (exact) mass is 210 g/mol. The molecule has 0 aliphatic carbocycles. The van der Waals surface area contributed by atoms with Crippen LogP contribution in [0.15, 0.2) is 18.2 Å². The average molecular weight is 210 g/mol. The van der Waals surface area contributed by atoms with E-state index in [0.717, 1.165) is 0 Å². The van der Waals surface area contributed by atoms with Gasteiger partial charge in [-0.05, 0) is 24.6 Å². The first kappa shape index (κ1) is 11.5. The summed E-state index contributed by atoms with van der Waals surface area (Å²) in [5.74, 6) is 4.80. The molecule has 82 valence electrons. The van der Waals surface area contributed by atoms with Gasteiger partial charge in [0.2, 0.25) is 0 Å². The SMILES string of the molecule is CCOC(=O)c1cc(CO)ccc1NN. The molecule has 0 radical (unpaired) electrons. The predicted molar refractivity (Wildman–Crippen MR) is 56.1 cm³/mol. The molecule has 0 aliphatic heterocycles. The van der Waals surface area contributed by atoms with Gasteiger partial charge in [0, 0.05) is 0 Å². The van der Waals surface area contributed by atoms with Crippen LogP contribution < -0.4 is 11.3 Å². The van der Waals surface area contributed by atoms with Crippen molar-refractivity contribution in [3.05, 3.63) is 29.3 Å². The normalized spacial score (nSPS) is 9.80. The van der Waals surface area contributed by atoms with Crippen molar-refractivity contribution in [3.63, 3.8) is 0 Å². The van der Waals surface area contributed by atoms with Crippen LogP contribution in [0.1, 0.15) is 22.8 Å². The lowest BCUT2D eigenvalue weighted by Gasteiger charge is -2.09. The van der Waals surface area contributed by atoms with Gasteiger partial charge in [-0.3, -0.25) is 5.84 Å². The van der Waals surface area contributed by atoms with E-state index in [0.29, 0.717) is 23.4 Å². The van der Waals surface area contributed by atoms with Gasteiger partial charge >= 0.3 is 5.97 Å². The Balaban J connectivity index is 3.05. The van der Waals surface area contributed by atoms with Crippen LogP contribution in [0, 0.1) is 0 Å². The fraction of sp³-hybridized carbons (Fsp3) is 0.300. The van der Waals surface area contributed by atoms with Gasteiger partial charge < -0.3 is 15.3 Å². The van der Waals surface area contributed by atoms with Crippen LogP contribution in [0.25, 0.3) is 0 Å². The van der Waals surface area contributed by atoms with E-state index in [1.807, 2.05) is 0 Å². The Morgan fingerprint density at radius 3 is 2.87 bits per heavy atom. The number of aliphatic hydroxyl groups is 1. The number of carbonyl (C=O) groups is 1. The second-order valence-electron chi connectivity index (χ2n) is 2.90. The maximum absolute atomic E-state index is 11.5. The van der Waals surface area contributed by atoms with Crippen molar-refractivity contribution < 1.29 is 14.6 Å². The summed E-state index contributed by atoms with van der Waals surface area (Å²) in [5.41, 5.74) is 3.84. The number of esters is 1. The highest BCUT2D eigenvalue weighted by molar-refractivity contribution is 5.95. The molecule has 0 aromatic heterocycles. The van der Waals surface area contributed by atoms with E-state index in [1.165, 1.54) is 0 Å². The first-order chi connectivity index (χ1) is 7.22. The fourth-order valence-electron chi connectivity index (χ4n) is 1.19. The number of aliphatic hydroxyl groups excluding tert-OH is 1. The molecule has 15 heavy (non-hydrogen) atoms. The van der Waals surface area contributed by atoms with Crippen molar-refractivity contribution in [2.75, 3.05) is 12.0 Å². The first-order valence-corrected chi connectivity index (χ1v) is 4.60. The molecule has 0 unspecified atom stereocenters. The standard InChI is InChI=1S/C10H14N2O3/c1-2-15-10(14)8-5-7(6-13)3-4-9(8)12-11/h3-5,12-13H,2,6,11H2,1H3. The lowest BCUT2D eigenvalue weighted by Crippen LogP contribution is -2.14. The number of hydrogen-bond acceptors (Lipinski definition) is 5. The maximum Gasteiger partial charge on any atom is 0.340 e. The summed E-state index contributed by atoms with van der Waals surface area (Å²) in [4.78, 5) is 11.5. The van der Waals surface area contributed by atoms with Gasteiger partial charge in [-0.2, -0.15) is 0 Å². The topological polar surface area (TPSA) is 84.6 Å². The lowest BCUT2D eigenvalue weighted by atomic mass is 10.1. The first-order valence-electron chi connectivity index (χ1n) is 4.60. The van der Waals surface area contributed by atoms with Crippen molar-refractivity contribution in [3.8, 4) is 0 Å². The molecule has 0 saturated carbocycles. The summed E-state index contributed by atoms with van der Waals surface area (Å²) in [6.45, 7) is 1.90. The average Bonchev–Trinajstić information content (AvgIpc) is 2.28. The molecule has 0 heterocycles. The van der Waals surface area contributed by atoms with Crippen molar-refractivity contribution in [1.29, 1.82) is 0 Å². The zero-order chi connectivity index (χ0) is 11.3. The Morgan fingerprint density at radius 2 is 2.33 bits per heavy atom. The summed E-state index contributed by atoms with van der Waals surface area (Å²) in [5, 5.41) is 8.93.